The van der Waals surface area contributed by atoms with Crippen LogP contribution in [-0.4, -0.2) is 28.7 Å². The molecule has 0 spiro atoms. The van der Waals surface area contributed by atoms with Crippen molar-refractivity contribution in [1.29, 1.82) is 0 Å². The largest absolute Gasteiger partial charge is 0.494 e. The first-order valence-electron chi connectivity index (χ1n) is 7.34. The van der Waals surface area contributed by atoms with Gasteiger partial charge >= 0.3 is 0 Å². The molecule has 1 atom stereocenters. The third-order valence-electron chi connectivity index (χ3n) is 3.27. The van der Waals surface area contributed by atoms with Crippen molar-refractivity contribution in [1.82, 2.24) is 4.72 Å². The van der Waals surface area contributed by atoms with E-state index in [1.165, 1.54) is 0 Å². The van der Waals surface area contributed by atoms with Gasteiger partial charge in [0, 0.05) is 13.7 Å². The molecule has 0 radical (unpaired) electrons. The van der Waals surface area contributed by atoms with Gasteiger partial charge in [-0.1, -0.05) is 6.92 Å². The maximum absolute atomic E-state index is 12.3. The number of sulfonamides is 1. The summed E-state index contributed by atoms with van der Waals surface area (Å²) in [5, 5.41) is 3.88. The Morgan fingerprint density at radius 3 is 2.52 bits per heavy atom. The molecular weight excluding hydrogens is 334 g/mol. The molecule has 0 aliphatic rings. The summed E-state index contributed by atoms with van der Waals surface area (Å²) in [6.45, 7) is 2.81. The lowest BCUT2D eigenvalue weighted by Gasteiger charge is -2.15. The Bertz CT molecular complexity index is 681. The second kappa shape index (κ2) is 8.44. The van der Waals surface area contributed by atoms with Crippen molar-refractivity contribution in [3.63, 3.8) is 0 Å². The molecule has 5 nitrogen and oxygen atoms in total. The zero-order valence-electron chi connectivity index (χ0n) is 13.2. The molecule has 1 heterocycles. The van der Waals surface area contributed by atoms with Gasteiger partial charge in [0.2, 0.25) is 10.0 Å². The van der Waals surface area contributed by atoms with Crippen LogP contribution in [0.1, 0.15) is 25.0 Å². The molecule has 1 aromatic heterocycles. The Hall–Kier alpha value is -1.41. The Labute approximate surface area is 141 Å². The molecule has 0 bridgehead atoms. The monoisotopic (exact) mass is 355 g/mol. The lowest BCUT2D eigenvalue weighted by molar-refractivity contribution is 0.107. The number of hydrogen-bond acceptors (Lipinski definition) is 5. The number of nitrogens with one attached hydrogen (secondary N) is 1. The van der Waals surface area contributed by atoms with Crippen LogP contribution in [0, 0.1) is 0 Å². The van der Waals surface area contributed by atoms with E-state index in [0.29, 0.717) is 12.4 Å². The van der Waals surface area contributed by atoms with E-state index in [-0.39, 0.29) is 17.5 Å². The van der Waals surface area contributed by atoms with E-state index in [9.17, 15) is 8.42 Å². The van der Waals surface area contributed by atoms with Crippen LogP contribution in [0.25, 0.3) is 0 Å². The standard InChI is InChI=1S/C16H21NO4S2/c1-3-9-21-14-4-6-15(7-5-14)23(18,19)17-11-16(20-2)13-8-10-22-12-13/h4-8,10,12,16-17H,3,9,11H2,1-2H3/t16-/m0/s1. The third kappa shape index (κ3) is 5.04. The van der Waals surface area contributed by atoms with E-state index in [0.717, 1.165) is 12.0 Å². The number of hydrogen-bond donors (Lipinski definition) is 1. The summed E-state index contributed by atoms with van der Waals surface area (Å²) in [7, 11) is -2.01. The van der Waals surface area contributed by atoms with Crippen LogP contribution in [-0.2, 0) is 14.8 Å². The number of thiophene rings is 1. The molecule has 0 amide bonds. The van der Waals surface area contributed by atoms with Crippen LogP contribution < -0.4 is 9.46 Å². The SMILES string of the molecule is CCCOc1ccc(S(=O)(=O)NC[C@H](OC)c2ccsc2)cc1. The molecule has 1 aromatic carbocycles. The molecular formula is C16H21NO4S2. The van der Waals surface area contributed by atoms with Crippen molar-refractivity contribution in [2.75, 3.05) is 20.3 Å². The fourth-order valence-corrected chi connectivity index (χ4v) is 3.73. The smallest absolute Gasteiger partial charge is 0.240 e. The summed E-state index contributed by atoms with van der Waals surface area (Å²) in [5.74, 6) is 0.666. The summed E-state index contributed by atoms with van der Waals surface area (Å²) >= 11 is 1.55. The fraction of sp³-hybridized carbons (Fsp3) is 0.375. The van der Waals surface area contributed by atoms with Gasteiger partial charge < -0.3 is 9.47 Å². The quantitative estimate of drug-likeness (QED) is 0.750. The van der Waals surface area contributed by atoms with E-state index in [2.05, 4.69) is 4.72 Å². The predicted octanol–water partition coefficient (Wildman–Crippen LogP) is 3.20. The van der Waals surface area contributed by atoms with Gasteiger partial charge in [0.15, 0.2) is 0 Å². The first kappa shape index (κ1) is 17.9. The molecule has 2 aromatic rings. The molecule has 0 fully saturated rings. The van der Waals surface area contributed by atoms with E-state index < -0.39 is 10.0 Å². The molecule has 0 aliphatic carbocycles. The Balaban J connectivity index is 2.00. The fourth-order valence-electron chi connectivity index (χ4n) is 2.00. The zero-order chi connectivity index (χ0) is 16.7. The van der Waals surface area contributed by atoms with Crippen LogP contribution in [0.4, 0.5) is 0 Å². The van der Waals surface area contributed by atoms with Gasteiger partial charge in [0.05, 0.1) is 17.6 Å². The highest BCUT2D eigenvalue weighted by Crippen LogP contribution is 2.20. The van der Waals surface area contributed by atoms with Crippen molar-refractivity contribution in [3.8, 4) is 5.75 Å². The number of benzene rings is 1. The minimum Gasteiger partial charge on any atom is -0.494 e. The topological polar surface area (TPSA) is 64.6 Å². The maximum atomic E-state index is 12.3. The van der Waals surface area contributed by atoms with E-state index in [1.54, 1.807) is 42.7 Å². The summed E-state index contributed by atoms with van der Waals surface area (Å²) in [6.07, 6.45) is 0.603. The molecule has 0 saturated heterocycles. The van der Waals surface area contributed by atoms with Gasteiger partial charge in [-0.05, 0) is 53.1 Å². The molecule has 2 rings (SSSR count). The molecule has 7 heteroatoms. The number of ether oxygens (including phenoxy) is 2. The maximum Gasteiger partial charge on any atom is 0.240 e. The van der Waals surface area contributed by atoms with Crippen LogP contribution in [0.3, 0.4) is 0 Å². The second-order valence-corrected chi connectivity index (χ2v) is 7.50. The van der Waals surface area contributed by atoms with Crippen LogP contribution >= 0.6 is 11.3 Å². The minimum absolute atomic E-state index is 0.184. The Morgan fingerprint density at radius 1 is 1.22 bits per heavy atom. The zero-order valence-corrected chi connectivity index (χ0v) is 14.8. The summed E-state index contributed by atoms with van der Waals surface area (Å²) in [4.78, 5) is 0.210. The molecule has 23 heavy (non-hydrogen) atoms. The highest BCUT2D eigenvalue weighted by molar-refractivity contribution is 7.89. The average Bonchev–Trinajstić information content (AvgIpc) is 3.08. The van der Waals surface area contributed by atoms with Gasteiger partial charge in [0.25, 0.3) is 0 Å². The van der Waals surface area contributed by atoms with Crippen LogP contribution in [0.5, 0.6) is 5.75 Å². The predicted molar refractivity (Wildman–Crippen MR) is 91.5 cm³/mol. The number of methoxy groups -OCH3 is 1. The molecule has 1 N–H and O–H groups in total. The van der Waals surface area contributed by atoms with Crippen molar-refractivity contribution in [2.24, 2.45) is 0 Å². The number of rotatable bonds is 9. The normalized spacial score (nSPS) is 13.0. The first-order chi connectivity index (χ1) is 11.1. The van der Waals surface area contributed by atoms with Crippen LogP contribution in [0.15, 0.2) is 46.0 Å². The highest BCUT2D eigenvalue weighted by Gasteiger charge is 2.18. The van der Waals surface area contributed by atoms with Crippen molar-refractivity contribution in [3.05, 3.63) is 46.7 Å². The molecule has 126 valence electrons. The van der Waals surface area contributed by atoms with Crippen molar-refractivity contribution in [2.45, 2.75) is 24.3 Å². The first-order valence-corrected chi connectivity index (χ1v) is 9.77. The highest BCUT2D eigenvalue weighted by atomic mass is 32.2. The van der Waals surface area contributed by atoms with Crippen LogP contribution in [0.2, 0.25) is 0 Å². The van der Waals surface area contributed by atoms with E-state index in [4.69, 9.17) is 9.47 Å². The van der Waals surface area contributed by atoms with Gasteiger partial charge in [-0.2, -0.15) is 11.3 Å². The molecule has 0 aliphatic heterocycles. The van der Waals surface area contributed by atoms with Gasteiger partial charge in [-0.25, -0.2) is 13.1 Å². The van der Waals surface area contributed by atoms with E-state index >= 15 is 0 Å². The Kier molecular flexibility index (Phi) is 6.59. The second-order valence-electron chi connectivity index (χ2n) is 4.95. The third-order valence-corrected chi connectivity index (χ3v) is 5.41. The molecule has 0 unspecified atom stereocenters. The minimum atomic E-state index is -3.58. The average molecular weight is 355 g/mol. The van der Waals surface area contributed by atoms with Crippen molar-refractivity contribution < 1.29 is 17.9 Å². The van der Waals surface area contributed by atoms with Gasteiger partial charge in [-0.3, -0.25) is 0 Å². The summed E-state index contributed by atoms with van der Waals surface area (Å²) in [6, 6.07) is 8.33. The van der Waals surface area contributed by atoms with Gasteiger partial charge in [0.1, 0.15) is 5.75 Å². The van der Waals surface area contributed by atoms with Crippen molar-refractivity contribution >= 4 is 21.4 Å². The van der Waals surface area contributed by atoms with E-state index in [1.807, 2.05) is 23.8 Å². The summed E-state index contributed by atoms with van der Waals surface area (Å²) in [5.41, 5.74) is 0.962. The Morgan fingerprint density at radius 2 is 1.96 bits per heavy atom. The molecule has 0 saturated carbocycles. The van der Waals surface area contributed by atoms with Gasteiger partial charge in [-0.15, -0.1) is 0 Å². The summed E-state index contributed by atoms with van der Waals surface area (Å²) < 4.78 is 38.1. The lowest BCUT2D eigenvalue weighted by Crippen LogP contribution is -2.29. The lowest BCUT2D eigenvalue weighted by atomic mass is 10.2.